The summed E-state index contributed by atoms with van der Waals surface area (Å²) >= 11 is 0. The lowest BCUT2D eigenvalue weighted by Gasteiger charge is -2.35. The summed E-state index contributed by atoms with van der Waals surface area (Å²) in [6.45, 7) is 0.782. The third kappa shape index (κ3) is 3.54. The number of hydrogen-bond donors (Lipinski definition) is 2. The first kappa shape index (κ1) is 19.6. The number of likely N-dealkylation sites (N-methyl/N-ethyl adjacent to an activating group) is 1. The van der Waals surface area contributed by atoms with Gasteiger partial charge in [-0.05, 0) is 35.4 Å². The first-order valence-corrected chi connectivity index (χ1v) is 9.55. The summed E-state index contributed by atoms with van der Waals surface area (Å²) in [5, 5.41) is 3.32. The quantitative estimate of drug-likeness (QED) is 0.697. The topological polar surface area (TPSA) is 75.4 Å². The zero-order valence-electron chi connectivity index (χ0n) is 16.3. The molecule has 2 aromatic carbocycles. The maximum Gasteiger partial charge on any atom is 0.387 e. The monoisotopic (exact) mass is 402 g/mol. The van der Waals surface area contributed by atoms with Crippen molar-refractivity contribution in [3.8, 4) is 5.75 Å². The number of benzene rings is 2. The summed E-state index contributed by atoms with van der Waals surface area (Å²) in [5.41, 5.74) is 8.23. The van der Waals surface area contributed by atoms with E-state index in [0.29, 0.717) is 5.96 Å². The molecule has 154 valence electrons. The van der Waals surface area contributed by atoms with E-state index in [2.05, 4.69) is 23.0 Å². The molecule has 0 saturated carbocycles. The molecule has 0 radical (unpaired) electrons. The molecule has 8 heteroatoms. The third-order valence-electron chi connectivity index (χ3n) is 5.38. The van der Waals surface area contributed by atoms with Gasteiger partial charge < -0.3 is 25.4 Å². The summed E-state index contributed by atoms with van der Waals surface area (Å²) in [4.78, 5) is 6.66. The number of epoxide rings is 1. The van der Waals surface area contributed by atoms with Crippen LogP contribution in [0.25, 0.3) is 0 Å². The molecule has 0 amide bonds. The minimum atomic E-state index is -2.87. The van der Waals surface area contributed by atoms with Crippen LogP contribution >= 0.6 is 0 Å². The van der Waals surface area contributed by atoms with E-state index in [1.807, 2.05) is 25.2 Å². The van der Waals surface area contributed by atoms with E-state index in [1.54, 1.807) is 17.0 Å². The van der Waals surface area contributed by atoms with Gasteiger partial charge in [-0.1, -0.05) is 43.3 Å². The minimum Gasteiger partial charge on any atom is -0.435 e. The predicted octanol–water partition coefficient (Wildman–Crippen LogP) is 2.63. The molecule has 3 N–H and O–H groups in total. The van der Waals surface area contributed by atoms with Gasteiger partial charge in [-0.3, -0.25) is 0 Å². The van der Waals surface area contributed by atoms with Crippen molar-refractivity contribution in [2.45, 2.75) is 38.0 Å². The van der Waals surface area contributed by atoms with Crippen molar-refractivity contribution in [3.05, 3.63) is 65.2 Å². The van der Waals surface area contributed by atoms with Crippen molar-refractivity contribution in [1.82, 2.24) is 10.2 Å². The maximum absolute atomic E-state index is 12.5. The van der Waals surface area contributed by atoms with E-state index in [0.717, 1.165) is 29.8 Å². The van der Waals surface area contributed by atoms with Crippen molar-refractivity contribution < 1.29 is 18.3 Å². The summed E-state index contributed by atoms with van der Waals surface area (Å²) in [6.07, 6.45) is -0.405. The Morgan fingerprint density at radius 3 is 2.69 bits per heavy atom. The highest BCUT2D eigenvalue weighted by Crippen LogP contribution is 2.50. The van der Waals surface area contributed by atoms with Gasteiger partial charge in [0.25, 0.3) is 0 Å². The van der Waals surface area contributed by atoms with Gasteiger partial charge in [-0.2, -0.15) is 8.78 Å². The van der Waals surface area contributed by atoms with Crippen LogP contribution in [0.1, 0.15) is 23.6 Å². The lowest BCUT2D eigenvalue weighted by atomic mass is 9.78. The van der Waals surface area contributed by atoms with Crippen LogP contribution in [0.3, 0.4) is 0 Å². The Kier molecular flexibility index (Phi) is 5.14. The highest BCUT2D eigenvalue weighted by atomic mass is 19.3. The number of halogens is 2. The second-order valence-electron chi connectivity index (χ2n) is 7.18. The molecule has 1 fully saturated rings. The zero-order valence-corrected chi connectivity index (χ0v) is 16.3. The van der Waals surface area contributed by atoms with Crippen molar-refractivity contribution in [2.24, 2.45) is 10.7 Å². The molecule has 4 rings (SSSR count). The largest absolute Gasteiger partial charge is 0.435 e. The van der Waals surface area contributed by atoms with Crippen molar-refractivity contribution in [2.75, 3.05) is 13.6 Å². The number of hydrogen-bond acceptors (Lipinski definition) is 6. The molecule has 6 nitrogen and oxygen atoms in total. The Hall–Kier alpha value is -2.71. The number of aliphatic imine (C=N–C) groups is 1. The van der Waals surface area contributed by atoms with Crippen LogP contribution in [0.4, 0.5) is 8.78 Å². The van der Waals surface area contributed by atoms with E-state index in [-0.39, 0.29) is 18.1 Å². The van der Waals surface area contributed by atoms with Gasteiger partial charge in [0.1, 0.15) is 17.4 Å². The van der Waals surface area contributed by atoms with Crippen molar-refractivity contribution in [3.63, 3.8) is 0 Å². The number of ether oxygens (including phenoxy) is 2. The molecule has 0 aromatic heterocycles. The van der Waals surface area contributed by atoms with Gasteiger partial charge in [-0.25, -0.2) is 4.99 Å². The maximum atomic E-state index is 12.5. The lowest BCUT2D eigenvalue weighted by molar-refractivity contribution is -0.0498. The fraction of sp³-hybridized carbons (Fsp3) is 0.381. The van der Waals surface area contributed by atoms with Crippen molar-refractivity contribution >= 4 is 5.96 Å². The number of nitrogens with one attached hydrogen (secondary N) is 1. The standard InChI is InChI=1S/C21H24F2N4O2/c1-3-25-12-13-5-4-6-15(11-13)21(17-18(29-17)27(2)20(24)26-21)14-7-9-16(10-8-14)28-19(22)23/h4-11,17-19,25H,3,12H2,1-2H3,(H2,24,26). The molecule has 0 bridgehead atoms. The van der Waals surface area contributed by atoms with E-state index >= 15 is 0 Å². The van der Waals surface area contributed by atoms with Crippen LogP contribution in [0.15, 0.2) is 53.5 Å². The predicted molar refractivity (Wildman–Crippen MR) is 106 cm³/mol. The number of alkyl halides is 2. The van der Waals surface area contributed by atoms with Gasteiger partial charge in [0.2, 0.25) is 0 Å². The van der Waals surface area contributed by atoms with Crippen LogP contribution < -0.4 is 15.8 Å². The van der Waals surface area contributed by atoms with Crippen LogP contribution in [-0.2, 0) is 16.8 Å². The zero-order chi connectivity index (χ0) is 20.6. The van der Waals surface area contributed by atoms with Crippen molar-refractivity contribution in [1.29, 1.82) is 0 Å². The van der Waals surface area contributed by atoms with Crippen LogP contribution in [0.2, 0.25) is 0 Å². The Labute approximate surface area is 168 Å². The average Bonchev–Trinajstić information content (AvgIpc) is 3.51. The summed E-state index contributed by atoms with van der Waals surface area (Å²) < 4.78 is 35.5. The molecule has 29 heavy (non-hydrogen) atoms. The number of nitrogens with two attached hydrogens (primary N) is 1. The molecule has 2 heterocycles. The minimum absolute atomic E-state index is 0.0953. The Morgan fingerprint density at radius 2 is 2.00 bits per heavy atom. The van der Waals surface area contributed by atoms with Gasteiger partial charge in [0.05, 0.1) is 0 Å². The van der Waals surface area contributed by atoms with E-state index in [9.17, 15) is 8.78 Å². The molecule has 2 aliphatic heterocycles. The molecular formula is C21H24F2N4O2. The Morgan fingerprint density at radius 1 is 1.24 bits per heavy atom. The summed E-state index contributed by atoms with van der Waals surface area (Å²) in [5.74, 6) is 0.465. The van der Waals surface area contributed by atoms with Gasteiger partial charge >= 0.3 is 6.61 Å². The molecule has 1 saturated heterocycles. The molecular weight excluding hydrogens is 378 g/mol. The number of guanidine groups is 1. The third-order valence-corrected chi connectivity index (χ3v) is 5.38. The van der Waals surface area contributed by atoms with Crippen LogP contribution in [0.5, 0.6) is 5.75 Å². The summed E-state index contributed by atoms with van der Waals surface area (Å²) in [6, 6.07) is 14.7. The molecule has 3 atom stereocenters. The second-order valence-corrected chi connectivity index (χ2v) is 7.18. The lowest BCUT2D eigenvalue weighted by Crippen LogP contribution is -2.48. The van der Waals surface area contributed by atoms with Gasteiger partial charge in [0.15, 0.2) is 12.2 Å². The molecule has 0 aliphatic carbocycles. The van der Waals surface area contributed by atoms with Gasteiger partial charge in [0, 0.05) is 13.6 Å². The van der Waals surface area contributed by atoms with E-state index < -0.39 is 12.2 Å². The first-order chi connectivity index (χ1) is 14.0. The Balaban J connectivity index is 1.80. The highest BCUT2D eigenvalue weighted by molar-refractivity contribution is 5.81. The highest BCUT2D eigenvalue weighted by Gasteiger charge is 2.62. The average molecular weight is 402 g/mol. The molecule has 2 aliphatic rings. The fourth-order valence-corrected chi connectivity index (χ4v) is 3.86. The summed E-state index contributed by atoms with van der Waals surface area (Å²) in [7, 11) is 1.84. The number of rotatable bonds is 7. The smallest absolute Gasteiger partial charge is 0.387 e. The fourth-order valence-electron chi connectivity index (χ4n) is 3.86. The van der Waals surface area contributed by atoms with E-state index in [1.165, 1.54) is 12.1 Å². The first-order valence-electron chi connectivity index (χ1n) is 9.55. The number of nitrogens with zero attached hydrogens (tertiary/aromatic N) is 2. The normalized spacial score (nSPS) is 25.6. The molecule has 2 aromatic rings. The second kappa shape index (κ2) is 7.61. The Bertz CT molecular complexity index is 906. The number of fused-ring (bicyclic) bond motifs is 1. The molecule has 0 spiro atoms. The van der Waals surface area contributed by atoms with Crippen LogP contribution in [-0.4, -0.2) is 43.4 Å². The SMILES string of the molecule is CCNCc1cccc(C2(c3ccc(OC(F)F)cc3)N=C(N)N(C)C3OC32)c1. The molecule has 3 unspecified atom stereocenters. The van der Waals surface area contributed by atoms with Crippen LogP contribution in [0, 0.1) is 0 Å². The van der Waals surface area contributed by atoms with E-state index in [4.69, 9.17) is 15.5 Å². The van der Waals surface area contributed by atoms with Gasteiger partial charge in [-0.15, -0.1) is 0 Å².